The van der Waals surface area contributed by atoms with Gasteiger partial charge in [0.1, 0.15) is 24.1 Å². The molecule has 0 spiro atoms. The lowest BCUT2D eigenvalue weighted by molar-refractivity contribution is -0.145. The average molecular weight is 457 g/mol. The number of ether oxygens (including phenoxy) is 2. The second-order valence-corrected chi connectivity index (χ2v) is 8.67. The van der Waals surface area contributed by atoms with Gasteiger partial charge in [0.15, 0.2) is 11.5 Å². The van der Waals surface area contributed by atoms with Crippen LogP contribution < -0.4 is 14.8 Å². The lowest BCUT2D eigenvalue weighted by Gasteiger charge is -2.52. The first-order valence-electron chi connectivity index (χ1n) is 10.4. The fourth-order valence-electron chi connectivity index (χ4n) is 4.57. The van der Waals surface area contributed by atoms with Crippen molar-refractivity contribution in [2.24, 2.45) is 11.8 Å². The van der Waals surface area contributed by atoms with E-state index in [1.807, 2.05) is 17.0 Å². The monoisotopic (exact) mass is 456 g/mol. The molecule has 5 rings (SSSR count). The van der Waals surface area contributed by atoms with Gasteiger partial charge >= 0.3 is 0 Å². The first kappa shape index (κ1) is 20.8. The van der Waals surface area contributed by atoms with Crippen LogP contribution in [0.1, 0.15) is 13.3 Å². The van der Waals surface area contributed by atoms with Crippen molar-refractivity contribution in [1.82, 2.24) is 14.9 Å². The molecule has 1 saturated heterocycles. The van der Waals surface area contributed by atoms with Crippen LogP contribution in [-0.4, -0.2) is 47.1 Å². The number of amides is 1. The van der Waals surface area contributed by atoms with Crippen molar-refractivity contribution in [1.29, 1.82) is 0 Å². The van der Waals surface area contributed by atoms with Crippen molar-refractivity contribution in [2.45, 2.75) is 19.4 Å². The molecule has 1 aromatic heterocycles. The van der Waals surface area contributed by atoms with Crippen molar-refractivity contribution < 1.29 is 18.7 Å². The highest BCUT2D eigenvalue weighted by molar-refractivity contribution is 6.31. The lowest BCUT2D eigenvalue weighted by Crippen LogP contribution is -2.61. The number of hydrogen-bond donors (Lipinski definition) is 1. The fraction of sp³-hybridized carbons (Fsp3) is 0.348. The highest BCUT2D eigenvalue weighted by Gasteiger charge is 2.49. The van der Waals surface area contributed by atoms with Crippen LogP contribution in [0.4, 0.5) is 15.9 Å². The van der Waals surface area contributed by atoms with Gasteiger partial charge in [0.25, 0.3) is 0 Å². The third-order valence-corrected chi connectivity index (χ3v) is 6.55. The Morgan fingerprint density at radius 1 is 1.19 bits per heavy atom. The summed E-state index contributed by atoms with van der Waals surface area (Å²) in [6, 6.07) is 8.06. The Morgan fingerprint density at radius 2 is 1.97 bits per heavy atom. The van der Waals surface area contributed by atoms with Crippen LogP contribution in [0.5, 0.6) is 11.5 Å². The maximum atomic E-state index is 13.5. The van der Waals surface area contributed by atoms with Gasteiger partial charge in [-0.2, -0.15) is 0 Å². The minimum atomic E-state index is -0.487. The van der Waals surface area contributed by atoms with Crippen molar-refractivity contribution >= 4 is 39.9 Å². The standard InChI is InChI=1S/C23H22ClFN4O3/c1-12(30)29-9-13-5-14(10-29)22(13)32-21-7-16-19(8-20(21)31-2)26-11-27-23(16)28-15-3-4-18(25)17(24)6-15/h3-4,6-8,11,13-14,22H,5,9-10H2,1-2H3,(H,26,27,28)/t13-,14+,22?. The number of carbonyl (C=O) groups is 1. The van der Waals surface area contributed by atoms with Crippen LogP contribution in [0.25, 0.3) is 10.9 Å². The number of halogens is 2. The van der Waals surface area contributed by atoms with E-state index >= 15 is 0 Å². The molecule has 1 aliphatic heterocycles. The molecule has 1 N–H and O–H groups in total. The van der Waals surface area contributed by atoms with Gasteiger partial charge in [-0.05, 0) is 30.7 Å². The van der Waals surface area contributed by atoms with E-state index < -0.39 is 5.82 Å². The zero-order chi connectivity index (χ0) is 22.4. The zero-order valence-corrected chi connectivity index (χ0v) is 18.4. The van der Waals surface area contributed by atoms with Crippen molar-refractivity contribution in [3.8, 4) is 11.5 Å². The third kappa shape index (κ3) is 3.68. The number of nitrogens with zero attached hydrogens (tertiary/aromatic N) is 3. The van der Waals surface area contributed by atoms with Crippen LogP contribution in [-0.2, 0) is 4.79 Å². The van der Waals surface area contributed by atoms with Gasteiger partial charge in [0, 0.05) is 49.0 Å². The first-order chi connectivity index (χ1) is 15.4. The Morgan fingerprint density at radius 3 is 2.66 bits per heavy atom. The van der Waals surface area contributed by atoms with Crippen LogP contribution in [0, 0.1) is 17.7 Å². The number of benzene rings is 2. The Balaban J connectivity index is 1.45. The van der Waals surface area contributed by atoms with Gasteiger partial charge in [-0.1, -0.05) is 11.6 Å². The van der Waals surface area contributed by atoms with Crippen molar-refractivity contribution in [2.75, 3.05) is 25.5 Å². The summed E-state index contributed by atoms with van der Waals surface area (Å²) in [5.41, 5.74) is 1.28. The van der Waals surface area contributed by atoms with Crippen molar-refractivity contribution in [3.63, 3.8) is 0 Å². The molecule has 1 unspecified atom stereocenters. The number of piperidine rings is 2. The molecule has 2 heterocycles. The number of rotatable bonds is 5. The predicted octanol–water partition coefficient (Wildman–Crippen LogP) is 4.42. The number of carbonyl (C=O) groups excluding carboxylic acids is 1. The number of aromatic nitrogens is 2. The third-order valence-electron chi connectivity index (χ3n) is 6.26. The van der Waals surface area contributed by atoms with Gasteiger partial charge in [-0.25, -0.2) is 14.4 Å². The highest BCUT2D eigenvalue weighted by atomic mass is 35.5. The highest BCUT2D eigenvalue weighted by Crippen LogP contribution is 2.45. The molecular formula is C23H22ClFN4O3. The smallest absolute Gasteiger partial charge is 0.219 e. The number of hydrogen-bond acceptors (Lipinski definition) is 6. The SMILES string of the molecule is COc1cc2ncnc(Nc3ccc(F)c(Cl)c3)c2cc1OC1[C@@H]2C[C@H]1CN(C(C)=O)C2. The second kappa shape index (κ2) is 8.09. The van der Waals surface area contributed by atoms with E-state index in [1.54, 1.807) is 20.1 Å². The molecule has 2 fully saturated rings. The molecule has 1 saturated carbocycles. The summed E-state index contributed by atoms with van der Waals surface area (Å²) < 4.78 is 25.5. The molecular weight excluding hydrogens is 435 g/mol. The van der Waals surface area contributed by atoms with Gasteiger partial charge in [-0.15, -0.1) is 0 Å². The van der Waals surface area contributed by atoms with E-state index in [2.05, 4.69) is 15.3 Å². The Bertz CT molecular complexity index is 1200. The Hall–Kier alpha value is -3.13. The first-order valence-corrected chi connectivity index (χ1v) is 10.8. The quantitative estimate of drug-likeness (QED) is 0.612. The van der Waals surface area contributed by atoms with E-state index in [0.717, 1.165) is 11.8 Å². The minimum absolute atomic E-state index is 0.0233. The molecule has 1 aliphatic carbocycles. The summed E-state index contributed by atoms with van der Waals surface area (Å²) in [6.07, 6.45) is 2.54. The number of nitrogens with one attached hydrogen (secondary N) is 1. The topological polar surface area (TPSA) is 76.6 Å². The summed E-state index contributed by atoms with van der Waals surface area (Å²) >= 11 is 5.91. The predicted molar refractivity (Wildman–Crippen MR) is 119 cm³/mol. The van der Waals surface area contributed by atoms with E-state index in [9.17, 15) is 9.18 Å². The number of methoxy groups -OCH3 is 1. The Labute approximate surface area is 189 Å². The fourth-order valence-corrected chi connectivity index (χ4v) is 4.75. The van der Waals surface area contributed by atoms with E-state index in [4.69, 9.17) is 21.1 Å². The summed E-state index contributed by atoms with van der Waals surface area (Å²) in [7, 11) is 1.59. The van der Waals surface area contributed by atoms with Crippen LogP contribution in [0.3, 0.4) is 0 Å². The van der Waals surface area contributed by atoms with E-state index in [-0.39, 0.29) is 17.0 Å². The maximum Gasteiger partial charge on any atom is 0.219 e. The van der Waals surface area contributed by atoms with Crippen LogP contribution >= 0.6 is 11.6 Å². The molecule has 2 bridgehead atoms. The normalized spacial score (nSPS) is 21.8. The van der Waals surface area contributed by atoms with E-state index in [1.165, 1.54) is 18.5 Å². The van der Waals surface area contributed by atoms with Crippen molar-refractivity contribution in [3.05, 3.63) is 47.5 Å². The van der Waals surface area contributed by atoms with Gasteiger partial charge in [0.05, 0.1) is 17.6 Å². The number of anilines is 2. The number of likely N-dealkylation sites (tertiary alicyclic amines) is 1. The van der Waals surface area contributed by atoms with Gasteiger partial charge in [0.2, 0.25) is 5.91 Å². The molecule has 0 radical (unpaired) electrons. The molecule has 7 nitrogen and oxygen atoms in total. The molecule has 3 aromatic rings. The Kier molecular flexibility index (Phi) is 5.25. The zero-order valence-electron chi connectivity index (χ0n) is 17.6. The lowest BCUT2D eigenvalue weighted by atomic mass is 9.68. The minimum Gasteiger partial charge on any atom is -0.493 e. The molecule has 2 aliphatic rings. The molecule has 3 atom stereocenters. The molecule has 166 valence electrons. The van der Waals surface area contributed by atoms with Crippen LogP contribution in [0.2, 0.25) is 5.02 Å². The largest absolute Gasteiger partial charge is 0.493 e. The molecule has 2 aromatic carbocycles. The summed E-state index contributed by atoms with van der Waals surface area (Å²) in [6.45, 7) is 3.04. The van der Waals surface area contributed by atoms with E-state index in [0.29, 0.717) is 53.4 Å². The summed E-state index contributed by atoms with van der Waals surface area (Å²) in [5, 5.41) is 3.93. The average Bonchev–Trinajstić information content (AvgIpc) is 2.79. The summed E-state index contributed by atoms with van der Waals surface area (Å²) in [4.78, 5) is 22.3. The molecule has 9 heteroatoms. The molecule has 32 heavy (non-hydrogen) atoms. The second-order valence-electron chi connectivity index (χ2n) is 8.26. The molecule has 1 amide bonds. The summed E-state index contributed by atoms with van der Waals surface area (Å²) in [5.74, 6) is 1.97. The maximum absolute atomic E-state index is 13.5. The number of fused-ring (bicyclic) bond motifs is 3. The van der Waals surface area contributed by atoms with Gasteiger partial charge in [-0.3, -0.25) is 4.79 Å². The van der Waals surface area contributed by atoms with Crippen LogP contribution in [0.15, 0.2) is 36.7 Å². The van der Waals surface area contributed by atoms with Gasteiger partial charge < -0.3 is 19.7 Å².